The van der Waals surface area contributed by atoms with E-state index in [0.29, 0.717) is 6.61 Å². The lowest BCUT2D eigenvalue weighted by atomic mass is 10.1. The van der Waals surface area contributed by atoms with Crippen molar-refractivity contribution in [2.75, 3.05) is 34.3 Å². The first-order valence-electron chi connectivity index (χ1n) is 8.40. The van der Waals surface area contributed by atoms with Gasteiger partial charge >= 0.3 is 0 Å². The molecule has 25 heavy (non-hydrogen) atoms. The summed E-state index contributed by atoms with van der Waals surface area (Å²) in [7, 11) is 5.81. The molecular formula is C20H27BrN2O2. The molecule has 0 aliphatic rings. The number of benzene rings is 2. The average molecular weight is 407 g/mol. The summed E-state index contributed by atoms with van der Waals surface area (Å²) in [6.45, 7) is 5.33. The first kappa shape index (κ1) is 19.8. The number of rotatable bonds is 9. The molecule has 0 aliphatic heterocycles. The summed E-state index contributed by atoms with van der Waals surface area (Å²) in [5.41, 5.74) is 3.53. The second-order valence-electron chi connectivity index (χ2n) is 6.35. The summed E-state index contributed by atoms with van der Waals surface area (Å²) in [6.07, 6.45) is 0. The highest BCUT2D eigenvalue weighted by Gasteiger charge is 2.11. The molecule has 2 aromatic rings. The van der Waals surface area contributed by atoms with Crippen molar-refractivity contribution < 1.29 is 9.47 Å². The van der Waals surface area contributed by atoms with E-state index in [9.17, 15) is 0 Å². The Labute approximate surface area is 159 Å². The minimum absolute atomic E-state index is 0.519. The predicted octanol–water partition coefficient (Wildman–Crippen LogP) is 4.00. The number of aryl methyl sites for hydroxylation is 1. The van der Waals surface area contributed by atoms with Crippen LogP contribution in [0, 0.1) is 6.92 Å². The van der Waals surface area contributed by atoms with E-state index in [2.05, 4.69) is 65.4 Å². The predicted molar refractivity (Wildman–Crippen MR) is 106 cm³/mol. The molecule has 0 unspecified atom stereocenters. The van der Waals surface area contributed by atoms with Gasteiger partial charge in [-0.1, -0.05) is 45.8 Å². The van der Waals surface area contributed by atoms with Crippen LogP contribution in [0.2, 0.25) is 0 Å². The van der Waals surface area contributed by atoms with Gasteiger partial charge in [0.15, 0.2) is 11.5 Å². The highest BCUT2D eigenvalue weighted by Crippen LogP contribution is 2.34. The van der Waals surface area contributed by atoms with Crippen LogP contribution < -0.4 is 14.8 Å². The molecular weight excluding hydrogens is 380 g/mol. The highest BCUT2D eigenvalue weighted by atomic mass is 79.9. The van der Waals surface area contributed by atoms with Gasteiger partial charge in [0.25, 0.3) is 0 Å². The average Bonchev–Trinajstić information content (AvgIpc) is 2.58. The van der Waals surface area contributed by atoms with Gasteiger partial charge in [-0.3, -0.25) is 0 Å². The van der Waals surface area contributed by atoms with Crippen molar-refractivity contribution in [1.29, 1.82) is 0 Å². The fourth-order valence-corrected chi connectivity index (χ4v) is 2.94. The Bertz CT molecular complexity index is 689. The Morgan fingerprint density at radius 2 is 1.92 bits per heavy atom. The van der Waals surface area contributed by atoms with E-state index in [1.807, 2.05) is 18.2 Å². The summed E-state index contributed by atoms with van der Waals surface area (Å²) in [5, 5.41) is 3.44. The summed E-state index contributed by atoms with van der Waals surface area (Å²) < 4.78 is 12.5. The van der Waals surface area contributed by atoms with Crippen LogP contribution in [-0.2, 0) is 13.2 Å². The topological polar surface area (TPSA) is 33.7 Å². The van der Waals surface area contributed by atoms with E-state index in [0.717, 1.165) is 46.7 Å². The zero-order valence-electron chi connectivity index (χ0n) is 15.4. The summed E-state index contributed by atoms with van der Waals surface area (Å²) in [6, 6.07) is 12.3. The molecule has 4 nitrogen and oxygen atoms in total. The van der Waals surface area contributed by atoms with Crippen LogP contribution in [-0.4, -0.2) is 39.2 Å². The van der Waals surface area contributed by atoms with Gasteiger partial charge in [-0.2, -0.15) is 0 Å². The lowest BCUT2D eigenvalue weighted by Gasteiger charge is -2.15. The van der Waals surface area contributed by atoms with Crippen molar-refractivity contribution in [1.82, 2.24) is 10.2 Å². The molecule has 2 aromatic carbocycles. The molecule has 0 atom stereocenters. The molecule has 0 saturated carbocycles. The fourth-order valence-electron chi connectivity index (χ4n) is 2.47. The molecule has 0 spiro atoms. The number of nitrogens with zero attached hydrogens (tertiary/aromatic N) is 1. The smallest absolute Gasteiger partial charge is 0.162 e. The van der Waals surface area contributed by atoms with Gasteiger partial charge in [0.05, 0.1) is 7.11 Å². The standard InChI is InChI=1S/C20H27BrN2O2/c1-15-6-5-7-16(10-15)14-25-20-12-18(21)17(11-19(20)24-4)13-22-8-9-23(2)3/h5-7,10-12,22H,8-9,13-14H2,1-4H3. The molecule has 2 rings (SSSR count). The summed E-state index contributed by atoms with van der Waals surface area (Å²) >= 11 is 3.64. The number of methoxy groups -OCH3 is 1. The Kier molecular flexibility index (Phi) is 7.75. The van der Waals surface area contributed by atoms with Crippen molar-refractivity contribution in [3.63, 3.8) is 0 Å². The molecule has 0 aromatic heterocycles. The molecule has 0 fully saturated rings. The third kappa shape index (κ3) is 6.34. The Balaban J connectivity index is 2.02. The molecule has 0 radical (unpaired) electrons. The van der Waals surface area contributed by atoms with Crippen LogP contribution in [0.1, 0.15) is 16.7 Å². The number of likely N-dealkylation sites (N-methyl/N-ethyl adjacent to an activating group) is 1. The van der Waals surface area contributed by atoms with Gasteiger partial charge < -0.3 is 19.7 Å². The van der Waals surface area contributed by atoms with Crippen molar-refractivity contribution in [2.45, 2.75) is 20.1 Å². The second kappa shape index (κ2) is 9.80. The third-order valence-electron chi connectivity index (χ3n) is 3.86. The van der Waals surface area contributed by atoms with Crippen molar-refractivity contribution in [3.05, 3.63) is 57.6 Å². The zero-order valence-corrected chi connectivity index (χ0v) is 17.0. The Morgan fingerprint density at radius 1 is 1.12 bits per heavy atom. The molecule has 1 N–H and O–H groups in total. The van der Waals surface area contributed by atoms with Gasteiger partial charge in [0, 0.05) is 24.1 Å². The van der Waals surface area contributed by atoms with Crippen molar-refractivity contribution in [2.24, 2.45) is 0 Å². The lowest BCUT2D eigenvalue weighted by Crippen LogP contribution is -2.26. The molecule has 0 bridgehead atoms. The van der Waals surface area contributed by atoms with E-state index in [1.165, 1.54) is 5.56 Å². The summed E-state index contributed by atoms with van der Waals surface area (Å²) in [4.78, 5) is 2.16. The quantitative estimate of drug-likeness (QED) is 0.638. The second-order valence-corrected chi connectivity index (χ2v) is 7.21. The minimum atomic E-state index is 0.519. The van der Waals surface area contributed by atoms with Crippen molar-refractivity contribution in [3.8, 4) is 11.5 Å². The number of nitrogens with one attached hydrogen (secondary N) is 1. The largest absolute Gasteiger partial charge is 0.493 e. The Morgan fingerprint density at radius 3 is 2.60 bits per heavy atom. The molecule has 0 aliphatic carbocycles. The van der Waals surface area contributed by atoms with Crippen LogP contribution in [0.3, 0.4) is 0 Å². The first-order chi connectivity index (χ1) is 12.0. The van der Waals surface area contributed by atoms with Crippen LogP contribution in [0.15, 0.2) is 40.9 Å². The maximum atomic E-state index is 5.98. The van der Waals surface area contributed by atoms with E-state index < -0.39 is 0 Å². The number of halogens is 1. The van der Waals surface area contributed by atoms with Crippen LogP contribution >= 0.6 is 15.9 Å². The lowest BCUT2D eigenvalue weighted by molar-refractivity contribution is 0.284. The number of hydrogen-bond acceptors (Lipinski definition) is 4. The monoisotopic (exact) mass is 406 g/mol. The highest BCUT2D eigenvalue weighted by molar-refractivity contribution is 9.10. The van der Waals surface area contributed by atoms with E-state index in [1.54, 1.807) is 7.11 Å². The van der Waals surface area contributed by atoms with Crippen LogP contribution in [0.25, 0.3) is 0 Å². The molecule has 0 heterocycles. The van der Waals surface area contributed by atoms with Gasteiger partial charge in [0.1, 0.15) is 6.61 Å². The molecule has 136 valence electrons. The minimum Gasteiger partial charge on any atom is -0.493 e. The number of ether oxygens (including phenoxy) is 2. The number of hydrogen-bond donors (Lipinski definition) is 1. The van der Waals surface area contributed by atoms with Crippen LogP contribution in [0.5, 0.6) is 11.5 Å². The van der Waals surface area contributed by atoms with Gasteiger partial charge in [-0.05, 0) is 44.3 Å². The van der Waals surface area contributed by atoms with Gasteiger partial charge in [0.2, 0.25) is 0 Å². The molecule has 5 heteroatoms. The van der Waals surface area contributed by atoms with Gasteiger partial charge in [-0.15, -0.1) is 0 Å². The fraction of sp³-hybridized carbons (Fsp3) is 0.400. The zero-order chi connectivity index (χ0) is 18.2. The SMILES string of the molecule is COc1cc(CNCCN(C)C)c(Br)cc1OCc1cccc(C)c1. The maximum absolute atomic E-state index is 5.98. The molecule has 0 amide bonds. The van der Waals surface area contributed by atoms with Crippen LogP contribution in [0.4, 0.5) is 0 Å². The van der Waals surface area contributed by atoms with Crippen molar-refractivity contribution >= 4 is 15.9 Å². The van der Waals surface area contributed by atoms with E-state index in [-0.39, 0.29) is 0 Å². The normalized spacial score (nSPS) is 11.0. The van der Waals surface area contributed by atoms with Gasteiger partial charge in [-0.25, -0.2) is 0 Å². The third-order valence-corrected chi connectivity index (χ3v) is 4.60. The molecule has 0 saturated heterocycles. The first-order valence-corrected chi connectivity index (χ1v) is 9.19. The van der Waals surface area contributed by atoms with E-state index in [4.69, 9.17) is 9.47 Å². The summed E-state index contributed by atoms with van der Waals surface area (Å²) in [5.74, 6) is 1.49. The Hall–Kier alpha value is -1.56. The maximum Gasteiger partial charge on any atom is 0.162 e. The van der Waals surface area contributed by atoms with E-state index >= 15 is 0 Å².